The number of rotatable bonds is 2. The van der Waals surface area contributed by atoms with Gasteiger partial charge in [-0.15, -0.1) is 0 Å². The van der Waals surface area contributed by atoms with Crippen LogP contribution in [0.15, 0.2) is 0 Å². The van der Waals surface area contributed by atoms with E-state index < -0.39 is 11.8 Å². The van der Waals surface area contributed by atoms with Crippen LogP contribution in [-0.2, 0) is 9.47 Å². The van der Waals surface area contributed by atoms with Crippen molar-refractivity contribution < 1.29 is 14.3 Å². The maximum absolute atomic E-state index is 11.4. The summed E-state index contributed by atoms with van der Waals surface area (Å²) in [5.41, 5.74) is 5.04. The molecule has 0 amide bonds. The Labute approximate surface area is 90.3 Å². The number of carbonyl (C=O) groups is 1. The van der Waals surface area contributed by atoms with Gasteiger partial charge in [0.25, 0.3) is 0 Å². The molecular weight excluding hydrogens is 196 g/mol. The van der Waals surface area contributed by atoms with E-state index in [1.54, 1.807) is 0 Å². The highest BCUT2D eigenvalue weighted by Gasteiger charge is 2.30. The smallest absolute Gasteiger partial charge is 0.429 e. The third kappa shape index (κ3) is 4.05. The number of carbonyl (C=O) groups excluding carboxylic acids is 1. The maximum Gasteiger partial charge on any atom is 0.509 e. The third-order valence-corrected chi connectivity index (χ3v) is 2.22. The van der Waals surface area contributed by atoms with Crippen LogP contribution < -0.4 is 11.1 Å². The first kappa shape index (κ1) is 12.3. The quantitative estimate of drug-likeness (QED) is 0.657. The van der Waals surface area contributed by atoms with Gasteiger partial charge in [-0.05, 0) is 27.3 Å². The Morgan fingerprint density at radius 1 is 1.47 bits per heavy atom. The molecule has 15 heavy (non-hydrogen) atoms. The Hall–Kier alpha value is -0.810. The van der Waals surface area contributed by atoms with Crippen molar-refractivity contribution in [1.82, 2.24) is 5.32 Å². The zero-order valence-corrected chi connectivity index (χ0v) is 9.58. The van der Waals surface area contributed by atoms with Crippen molar-refractivity contribution in [3.63, 3.8) is 0 Å². The average Bonchev–Trinajstić information content (AvgIpc) is 2.48. The highest BCUT2D eigenvalue weighted by atomic mass is 16.7. The summed E-state index contributed by atoms with van der Waals surface area (Å²) in [5.74, 6) is 0.192. The zero-order chi connectivity index (χ0) is 11.5. The Balaban J connectivity index is 2.37. The van der Waals surface area contributed by atoms with Gasteiger partial charge in [0.2, 0.25) is 0 Å². The molecular formula is C10H20N2O3. The molecule has 1 saturated heterocycles. The van der Waals surface area contributed by atoms with Crippen LogP contribution in [0.4, 0.5) is 4.79 Å². The summed E-state index contributed by atoms with van der Waals surface area (Å²) in [4.78, 5) is 11.4. The van der Waals surface area contributed by atoms with E-state index in [0.717, 1.165) is 6.54 Å². The van der Waals surface area contributed by atoms with Gasteiger partial charge in [0.1, 0.15) is 11.7 Å². The van der Waals surface area contributed by atoms with Crippen LogP contribution in [0, 0.1) is 5.92 Å². The molecule has 0 saturated carbocycles. The van der Waals surface area contributed by atoms with E-state index in [1.165, 1.54) is 0 Å². The topological polar surface area (TPSA) is 73.6 Å². The van der Waals surface area contributed by atoms with E-state index in [1.807, 2.05) is 20.8 Å². The van der Waals surface area contributed by atoms with Crippen molar-refractivity contribution in [2.75, 3.05) is 19.6 Å². The number of nitrogens with two attached hydrogens (primary N) is 1. The number of ether oxygens (including phenoxy) is 2. The van der Waals surface area contributed by atoms with Gasteiger partial charge < -0.3 is 20.5 Å². The highest BCUT2D eigenvalue weighted by molar-refractivity contribution is 5.60. The molecule has 3 N–H and O–H groups in total. The van der Waals surface area contributed by atoms with Crippen LogP contribution in [0.3, 0.4) is 0 Å². The monoisotopic (exact) mass is 216 g/mol. The fourth-order valence-electron chi connectivity index (χ4n) is 1.48. The molecule has 88 valence electrons. The average molecular weight is 216 g/mol. The molecule has 1 rings (SSSR count). The molecule has 5 heteroatoms. The normalized spacial score (nSPS) is 26.4. The Morgan fingerprint density at radius 2 is 2.13 bits per heavy atom. The molecule has 0 aromatic heterocycles. The summed E-state index contributed by atoms with van der Waals surface area (Å²) in [6.07, 6.45) is -0.778. The van der Waals surface area contributed by atoms with E-state index in [2.05, 4.69) is 5.32 Å². The first-order valence-corrected chi connectivity index (χ1v) is 5.23. The summed E-state index contributed by atoms with van der Waals surface area (Å²) < 4.78 is 10.2. The van der Waals surface area contributed by atoms with Crippen molar-refractivity contribution in [2.24, 2.45) is 11.7 Å². The molecule has 1 aliphatic heterocycles. The molecule has 0 radical (unpaired) electrons. The van der Waals surface area contributed by atoms with Crippen molar-refractivity contribution in [3.05, 3.63) is 0 Å². The third-order valence-electron chi connectivity index (χ3n) is 2.22. The van der Waals surface area contributed by atoms with Crippen LogP contribution in [0.2, 0.25) is 0 Å². The lowest BCUT2D eigenvalue weighted by Gasteiger charge is -2.22. The largest absolute Gasteiger partial charge is 0.509 e. The molecule has 1 heterocycles. The minimum absolute atomic E-state index is 0.162. The predicted molar refractivity (Wildman–Crippen MR) is 56.5 cm³/mol. The number of hydrogen-bond donors (Lipinski definition) is 2. The summed E-state index contributed by atoms with van der Waals surface area (Å²) in [6, 6.07) is 0. The van der Waals surface area contributed by atoms with Gasteiger partial charge >= 0.3 is 6.16 Å². The van der Waals surface area contributed by atoms with Gasteiger partial charge in [-0.2, -0.15) is 0 Å². The Kier molecular flexibility index (Phi) is 3.93. The molecule has 0 aromatic rings. The second-order valence-corrected chi connectivity index (χ2v) is 4.77. The summed E-state index contributed by atoms with van der Waals surface area (Å²) in [5, 5.41) is 3.13. The van der Waals surface area contributed by atoms with Crippen LogP contribution in [0.25, 0.3) is 0 Å². The predicted octanol–water partition coefficient (Wildman–Crippen LogP) is 0.485. The minimum atomic E-state index is -0.616. The molecule has 0 spiro atoms. The van der Waals surface area contributed by atoms with Gasteiger partial charge in [-0.25, -0.2) is 4.79 Å². The lowest BCUT2D eigenvalue weighted by atomic mass is 10.1. The van der Waals surface area contributed by atoms with Crippen molar-refractivity contribution in [3.8, 4) is 0 Å². The van der Waals surface area contributed by atoms with Crippen molar-refractivity contribution in [2.45, 2.75) is 32.5 Å². The fourth-order valence-corrected chi connectivity index (χ4v) is 1.48. The molecule has 1 aliphatic rings. The molecule has 0 bridgehead atoms. The summed E-state index contributed by atoms with van der Waals surface area (Å²) in [7, 11) is 0. The van der Waals surface area contributed by atoms with Crippen molar-refractivity contribution in [1.29, 1.82) is 0 Å². The van der Waals surface area contributed by atoms with Gasteiger partial charge in [-0.1, -0.05) is 0 Å². The summed E-state index contributed by atoms with van der Waals surface area (Å²) >= 11 is 0. The number of nitrogens with one attached hydrogen (secondary N) is 1. The molecule has 0 aliphatic carbocycles. The molecule has 1 fully saturated rings. The van der Waals surface area contributed by atoms with E-state index >= 15 is 0 Å². The van der Waals surface area contributed by atoms with Gasteiger partial charge in [0, 0.05) is 19.0 Å². The number of hydrogen-bond acceptors (Lipinski definition) is 5. The second-order valence-electron chi connectivity index (χ2n) is 4.77. The van der Waals surface area contributed by atoms with Crippen LogP contribution >= 0.6 is 0 Å². The van der Waals surface area contributed by atoms with E-state index in [-0.39, 0.29) is 12.0 Å². The van der Waals surface area contributed by atoms with E-state index in [4.69, 9.17) is 15.2 Å². The standard InChI is InChI=1S/C10H20N2O3/c1-10(2,3)15-9(13)14-8-6-12-5-7(8)4-11/h7-8,12H,4-6,11H2,1-3H3. The Morgan fingerprint density at radius 3 is 2.67 bits per heavy atom. The van der Waals surface area contributed by atoms with Gasteiger partial charge in [0.05, 0.1) is 0 Å². The van der Waals surface area contributed by atoms with Crippen LogP contribution in [-0.4, -0.2) is 37.5 Å². The van der Waals surface area contributed by atoms with Crippen LogP contribution in [0.1, 0.15) is 20.8 Å². The Bertz CT molecular complexity index is 225. The SMILES string of the molecule is CC(C)(C)OC(=O)OC1CNCC1CN. The van der Waals surface area contributed by atoms with E-state index in [0.29, 0.717) is 13.1 Å². The highest BCUT2D eigenvalue weighted by Crippen LogP contribution is 2.15. The molecule has 2 unspecified atom stereocenters. The van der Waals surface area contributed by atoms with Crippen molar-refractivity contribution >= 4 is 6.16 Å². The molecule has 0 aromatic carbocycles. The van der Waals surface area contributed by atoms with Crippen LogP contribution in [0.5, 0.6) is 0 Å². The van der Waals surface area contributed by atoms with Gasteiger partial charge in [0.15, 0.2) is 0 Å². The lowest BCUT2D eigenvalue weighted by Crippen LogP contribution is -2.33. The lowest BCUT2D eigenvalue weighted by molar-refractivity contribution is -0.0302. The zero-order valence-electron chi connectivity index (χ0n) is 9.58. The molecule has 5 nitrogen and oxygen atoms in total. The van der Waals surface area contributed by atoms with Gasteiger partial charge in [-0.3, -0.25) is 0 Å². The maximum atomic E-state index is 11.4. The summed E-state index contributed by atoms with van der Waals surface area (Å²) in [6.45, 7) is 7.39. The first-order valence-electron chi connectivity index (χ1n) is 5.23. The second kappa shape index (κ2) is 4.81. The molecule has 2 atom stereocenters. The van der Waals surface area contributed by atoms with E-state index in [9.17, 15) is 4.79 Å². The fraction of sp³-hybridized carbons (Fsp3) is 0.900. The minimum Gasteiger partial charge on any atom is -0.429 e. The first-order chi connectivity index (χ1) is 6.92.